The molecule has 0 spiro atoms. The molecule has 1 saturated heterocycles. The number of methoxy groups -OCH3 is 1. The second-order valence-corrected chi connectivity index (χ2v) is 9.21. The first-order valence-corrected chi connectivity index (χ1v) is 11.9. The summed E-state index contributed by atoms with van der Waals surface area (Å²) in [5.74, 6) is 2.16. The van der Waals surface area contributed by atoms with Crippen molar-refractivity contribution >= 4 is 59.9 Å². The molecule has 3 aromatic rings. The van der Waals surface area contributed by atoms with Gasteiger partial charge in [0.15, 0.2) is 0 Å². The van der Waals surface area contributed by atoms with Gasteiger partial charge in [0.1, 0.15) is 11.6 Å². The van der Waals surface area contributed by atoms with Gasteiger partial charge in [0.05, 0.1) is 24.1 Å². The third-order valence-corrected chi connectivity index (χ3v) is 6.53. The Kier molecular flexibility index (Phi) is 11.3. The van der Waals surface area contributed by atoms with E-state index in [2.05, 4.69) is 40.3 Å². The number of anilines is 2. The second kappa shape index (κ2) is 13.5. The lowest BCUT2D eigenvalue weighted by Crippen LogP contribution is -2.34. The molecule has 9 nitrogen and oxygen atoms in total. The Hall–Kier alpha value is -2.30. The average Bonchev–Trinajstić information content (AvgIpc) is 3.37. The van der Waals surface area contributed by atoms with Crippen LogP contribution in [0.3, 0.4) is 0 Å². The molecule has 4 heterocycles. The molecule has 0 bridgehead atoms. The molecule has 12 heteroatoms. The summed E-state index contributed by atoms with van der Waals surface area (Å²) in [6.07, 6.45) is 2.58. The zero-order valence-electron chi connectivity index (χ0n) is 21.3. The van der Waals surface area contributed by atoms with Gasteiger partial charge in [-0.1, -0.05) is 6.07 Å². The molecule has 0 amide bonds. The Morgan fingerprint density at radius 3 is 2.73 bits per heavy atom. The van der Waals surface area contributed by atoms with Crippen molar-refractivity contribution in [2.24, 2.45) is 0 Å². The van der Waals surface area contributed by atoms with Crippen LogP contribution in [0, 0.1) is 0 Å². The molecule has 2 aromatic heterocycles. The van der Waals surface area contributed by atoms with Crippen molar-refractivity contribution in [1.82, 2.24) is 19.9 Å². The maximum absolute atomic E-state index is 13.2. The van der Waals surface area contributed by atoms with Gasteiger partial charge >= 0.3 is 0 Å². The number of ether oxygens (including phenoxy) is 2. The Bertz CT molecular complexity index is 1250. The number of nitrogens with zero attached hydrogens (tertiary/aromatic N) is 4. The number of fused-ring (bicyclic) bond motifs is 2. The normalized spacial score (nSPS) is 16.4. The minimum atomic E-state index is -0.141. The molecule has 2 N–H and O–H groups in total. The van der Waals surface area contributed by atoms with E-state index in [9.17, 15) is 4.79 Å². The molecule has 1 unspecified atom stereocenters. The Labute approximate surface area is 235 Å². The number of rotatable bonds is 7. The van der Waals surface area contributed by atoms with E-state index in [-0.39, 0.29) is 48.9 Å². The van der Waals surface area contributed by atoms with Crippen LogP contribution in [0.2, 0.25) is 0 Å². The van der Waals surface area contributed by atoms with Gasteiger partial charge in [0.2, 0.25) is 5.95 Å². The van der Waals surface area contributed by atoms with Gasteiger partial charge in [-0.15, -0.1) is 37.2 Å². The third kappa shape index (κ3) is 6.78. The fourth-order valence-electron chi connectivity index (χ4n) is 4.71. The van der Waals surface area contributed by atoms with Crippen LogP contribution in [0.4, 0.5) is 11.8 Å². The zero-order valence-corrected chi connectivity index (χ0v) is 23.7. The van der Waals surface area contributed by atoms with Crippen LogP contribution >= 0.6 is 37.2 Å². The minimum absolute atomic E-state index is 0. The summed E-state index contributed by atoms with van der Waals surface area (Å²) in [5, 5.41) is 3.97. The Morgan fingerprint density at radius 2 is 2.03 bits per heavy atom. The molecule has 0 radical (unpaired) electrons. The first kappa shape index (κ1) is 30.9. The first-order chi connectivity index (χ1) is 16.5. The number of nitrogens with one attached hydrogen (secondary N) is 2. The van der Waals surface area contributed by atoms with Crippen LogP contribution in [0.1, 0.15) is 35.8 Å². The Balaban J connectivity index is 0.00000160. The number of aromatic amines is 1. The highest BCUT2D eigenvalue weighted by atomic mass is 35.5. The summed E-state index contributed by atoms with van der Waals surface area (Å²) in [5.41, 5.74) is 3.59. The molecular weight excluding hydrogens is 539 g/mol. The van der Waals surface area contributed by atoms with Crippen molar-refractivity contribution in [2.75, 3.05) is 57.7 Å². The molecule has 5 rings (SSSR count). The van der Waals surface area contributed by atoms with Crippen molar-refractivity contribution in [3.8, 4) is 5.75 Å². The summed E-state index contributed by atoms with van der Waals surface area (Å²) in [4.78, 5) is 30.1. The van der Waals surface area contributed by atoms with Gasteiger partial charge in [0, 0.05) is 51.0 Å². The maximum Gasteiger partial charge on any atom is 0.260 e. The molecule has 204 valence electrons. The van der Waals surface area contributed by atoms with Gasteiger partial charge in [-0.25, -0.2) is 9.97 Å². The van der Waals surface area contributed by atoms with E-state index in [0.717, 1.165) is 61.5 Å². The molecule has 1 atom stereocenters. The topological polar surface area (TPSA) is 95.6 Å². The van der Waals surface area contributed by atoms with Crippen molar-refractivity contribution in [3.05, 3.63) is 51.4 Å². The predicted molar refractivity (Wildman–Crippen MR) is 155 cm³/mol. The van der Waals surface area contributed by atoms with Crippen molar-refractivity contribution in [1.29, 1.82) is 0 Å². The molecule has 2 aliphatic heterocycles. The number of aromatic nitrogens is 3. The van der Waals surface area contributed by atoms with Gasteiger partial charge in [0.25, 0.3) is 5.56 Å². The van der Waals surface area contributed by atoms with Gasteiger partial charge in [-0.05, 0) is 50.2 Å². The largest absolute Gasteiger partial charge is 0.497 e. The number of benzene rings is 1. The van der Waals surface area contributed by atoms with Crippen LogP contribution in [0.25, 0.3) is 10.9 Å². The van der Waals surface area contributed by atoms with Gasteiger partial charge in [-0.3, -0.25) is 9.78 Å². The predicted octanol–water partition coefficient (Wildman–Crippen LogP) is 3.98. The fraction of sp³-hybridized carbons (Fsp3) is 0.480. The van der Waals surface area contributed by atoms with Crippen molar-refractivity contribution in [2.45, 2.75) is 31.9 Å². The first-order valence-electron chi connectivity index (χ1n) is 11.9. The SMILES string of the molecule is COc1cc(C2CCCO2)c2c(=O)[nH]c(N3CCc4nc(NCCN(C)C)ccc4C3)nc2c1.Cl.Cl.Cl. The van der Waals surface area contributed by atoms with Gasteiger partial charge in [-0.2, -0.15) is 0 Å². The van der Waals surface area contributed by atoms with Crippen LogP contribution in [0.15, 0.2) is 29.1 Å². The highest BCUT2D eigenvalue weighted by Gasteiger charge is 2.25. The molecule has 0 saturated carbocycles. The number of pyridine rings is 1. The standard InChI is InChI=1S/C25H32N6O3.3ClH/c1-30(2)11-9-26-22-7-6-16-15-31(10-8-19(16)27-22)25-28-20-14-17(33-3)13-18(21-5-4-12-34-21)23(20)24(32)29-25;;;/h6-7,13-14,21H,4-5,8-12,15H2,1-3H3,(H,26,27)(H,28,29,32);3*1H. The van der Waals surface area contributed by atoms with E-state index >= 15 is 0 Å². The molecule has 37 heavy (non-hydrogen) atoms. The molecule has 1 fully saturated rings. The number of H-pyrrole nitrogens is 1. The summed E-state index contributed by atoms with van der Waals surface area (Å²) >= 11 is 0. The number of halogens is 3. The summed E-state index contributed by atoms with van der Waals surface area (Å²) in [6, 6.07) is 7.87. The highest BCUT2D eigenvalue weighted by Crippen LogP contribution is 2.35. The molecule has 0 aliphatic carbocycles. The van der Waals surface area contributed by atoms with Crippen LogP contribution in [0.5, 0.6) is 5.75 Å². The number of hydrogen-bond donors (Lipinski definition) is 2. The number of hydrogen-bond acceptors (Lipinski definition) is 8. The van der Waals surface area contributed by atoms with Gasteiger partial charge < -0.3 is 24.6 Å². The summed E-state index contributed by atoms with van der Waals surface area (Å²) < 4.78 is 11.4. The Morgan fingerprint density at radius 1 is 1.22 bits per heavy atom. The lowest BCUT2D eigenvalue weighted by Gasteiger charge is -2.29. The van der Waals surface area contributed by atoms with E-state index in [0.29, 0.717) is 35.8 Å². The van der Waals surface area contributed by atoms with Crippen LogP contribution in [-0.2, 0) is 17.7 Å². The summed E-state index contributed by atoms with van der Waals surface area (Å²) in [6.45, 7) is 3.90. The zero-order chi connectivity index (χ0) is 23.7. The molecule has 1 aromatic carbocycles. The maximum atomic E-state index is 13.2. The van der Waals surface area contributed by atoms with E-state index in [1.54, 1.807) is 7.11 Å². The lowest BCUT2D eigenvalue weighted by molar-refractivity contribution is 0.113. The van der Waals surface area contributed by atoms with E-state index in [4.69, 9.17) is 19.4 Å². The van der Waals surface area contributed by atoms with Crippen molar-refractivity contribution < 1.29 is 9.47 Å². The van der Waals surface area contributed by atoms with Crippen LogP contribution in [-0.4, -0.2) is 67.3 Å². The molecule has 2 aliphatic rings. The second-order valence-electron chi connectivity index (χ2n) is 9.21. The molecular formula is C25H35Cl3N6O3. The minimum Gasteiger partial charge on any atom is -0.497 e. The average molecular weight is 574 g/mol. The monoisotopic (exact) mass is 572 g/mol. The number of likely N-dealkylation sites (N-methyl/N-ethyl adjacent to an activating group) is 1. The van der Waals surface area contributed by atoms with E-state index < -0.39 is 0 Å². The summed E-state index contributed by atoms with van der Waals surface area (Å²) in [7, 11) is 5.74. The lowest BCUT2D eigenvalue weighted by atomic mass is 10.0. The third-order valence-electron chi connectivity index (χ3n) is 6.53. The highest BCUT2D eigenvalue weighted by molar-refractivity contribution is 5.86. The van der Waals surface area contributed by atoms with Crippen molar-refractivity contribution in [3.63, 3.8) is 0 Å². The van der Waals surface area contributed by atoms with Crippen LogP contribution < -0.4 is 20.5 Å². The smallest absolute Gasteiger partial charge is 0.260 e. The quantitative estimate of drug-likeness (QED) is 0.438. The van der Waals surface area contributed by atoms with E-state index in [1.165, 1.54) is 0 Å². The van der Waals surface area contributed by atoms with E-state index in [1.807, 2.05) is 18.2 Å². The fourth-order valence-corrected chi connectivity index (χ4v) is 4.71.